The Bertz CT molecular complexity index is 1380. The number of benzene rings is 3. The summed E-state index contributed by atoms with van der Waals surface area (Å²) in [6.07, 6.45) is 4.26. The molecule has 3 aromatic carbocycles. The predicted octanol–water partition coefficient (Wildman–Crippen LogP) is 5.74. The smallest absolute Gasteiger partial charge is 0.238 e. The minimum atomic E-state index is -0.385. The number of rotatable bonds is 5. The first-order valence-corrected chi connectivity index (χ1v) is 12.6. The van der Waals surface area contributed by atoms with Crippen LogP contribution in [0.4, 0.5) is 5.69 Å². The lowest BCUT2D eigenvalue weighted by molar-refractivity contribution is -0.122. The third-order valence-electron chi connectivity index (χ3n) is 8.06. The monoisotopic (exact) mass is 491 g/mol. The summed E-state index contributed by atoms with van der Waals surface area (Å²) in [5.74, 6) is 0.348. The van der Waals surface area contributed by atoms with Gasteiger partial charge in [0.15, 0.2) is 0 Å². The molecule has 0 radical (unpaired) electrons. The zero-order valence-electron chi connectivity index (χ0n) is 21.4. The summed E-state index contributed by atoms with van der Waals surface area (Å²) in [5.41, 5.74) is 7.03. The van der Waals surface area contributed by atoms with Crippen LogP contribution in [0.1, 0.15) is 22.3 Å². The van der Waals surface area contributed by atoms with Crippen LogP contribution in [0.2, 0.25) is 0 Å². The zero-order chi connectivity index (χ0) is 25.8. The first-order chi connectivity index (χ1) is 17.9. The fraction of sp³-hybridized carbons (Fsp3) is 0.250. The molecule has 186 valence electrons. The molecule has 3 aromatic rings. The Morgan fingerprint density at radius 1 is 0.703 bits per heavy atom. The summed E-state index contributed by atoms with van der Waals surface area (Å²) < 4.78 is 10.8. The van der Waals surface area contributed by atoms with Gasteiger partial charge in [-0.1, -0.05) is 54.1 Å². The molecule has 0 aromatic heterocycles. The van der Waals surface area contributed by atoms with E-state index in [-0.39, 0.29) is 35.5 Å². The average molecular weight is 492 g/mol. The fourth-order valence-corrected chi connectivity index (χ4v) is 6.41. The van der Waals surface area contributed by atoms with E-state index in [4.69, 9.17) is 9.47 Å². The van der Waals surface area contributed by atoms with E-state index in [1.807, 2.05) is 80.6 Å². The predicted molar refractivity (Wildman–Crippen MR) is 144 cm³/mol. The van der Waals surface area contributed by atoms with Crippen molar-refractivity contribution in [2.24, 2.45) is 23.7 Å². The molecule has 0 spiro atoms. The molecule has 37 heavy (non-hydrogen) atoms. The van der Waals surface area contributed by atoms with Crippen LogP contribution in [-0.4, -0.2) is 26.0 Å². The molecule has 2 aliphatic carbocycles. The quantitative estimate of drug-likeness (QED) is 0.337. The number of amides is 2. The van der Waals surface area contributed by atoms with Crippen molar-refractivity contribution in [2.45, 2.75) is 13.8 Å². The highest BCUT2D eigenvalue weighted by atomic mass is 16.5. The average Bonchev–Trinajstić information content (AvgIpc) is 3.54. The number of hydrogen-bond acceptors (Lipinski definition) is 4. The maximum Gasteiger partial charge on any atom is 0.238 e. The number of allylic oxidation sites excluding steroid dienone is 3. The molecule has 0 N–H and O–H groups in total. The van der Waals surface area contributed by atoms with E-state index in [0.29, 0.717) is 5.69 Å². The van der Waals surface area contributed by atoms with Crippen molar-refractivity contribution in [3.05, 3.63) is 107 Å². The minimum Gasteiger partial charge on any atom is -0.497 e. The summed E-state index contributed by atoms with van der Waals surface area (Å²) in [6.45, 7) is 3.97. The summed E-state index contributed by atoms with van der Waals surface area (Å²) in [7, 11) is 3.30. The van der Waals surface area contributed by atoms with Crippen molar-refractivity contribution in [3.8, 4) is 11.5 Å². The van der Waals surface area contributed by atoms with Gasteiger partial charge in [0.2, 0.25) is 11.8 Å². The molecule has 1 saturated heterocycles. The molecule has 3 aliphatic rings. The highest BCUT2D eigenvalue weighted by Crippen LogP contribution is 2.59. The summed E-state index contributed by atoms with van der Waals surface area (Å²) >= 11 is 0. The second kappa shape index (κ2) is 8.77. The third kappa shape index (κ3) is 3.52. The van der Waals surface area contributed by atoms with E-state index < -0.39 is 0 Å². The topological polar surface area (TPSA) is 55.8 Å². The normalized spacial score (nSPS) is 23.6. The Morgan fingerprint density at radius 2 is 1.19 bits per heavy atom. The second-order valence-corrected chi connectivity index (χ2v) is 10.1. The van der Waals surface area contributed by atoms with Gasteiger partial charge in [-0.25, -0.2) is 4.90 Å². The van der Waals surface area contributed by atoms with E-state index in [1.54, 1.807) is 14.2 Å². The van der Waals surface area contributed by atoms with Gasteiger partial charge in [0.25, 0.3) is 0 Å². The maximum atomic E-state index is 13.8. The van der Waals surface area contributed by atoms with Crippen LogP contribution in [0.25, 0.3) is 5.57 Å². The Balaban J connectivity index is 1.47. The van der Waals surface area contributed by atoms with Crippen molar-refractivity contribution < 1.29 is 19.1 Å². The molecule has 2 amide bonds. The standard InChI is InChI=1S/C32H29NO4/c1-18-5-16-26(19(2)17-18)33-31(34)29-24-14-15-25(30(29)32(33)35)28(24)27(20-6-10-22(36-3)11-7-20)21-8-12-23(37-4)13-9-21/h5-17,24-25,29-30H,1-4H3/t24-,25-,29-,30-/m1/s1. The SMILES string of the molecule is COc1ccc(C(=C2[C@H]3C=C[C@H]2[C@H]2C(=O)N(c4ccc(C)cc4C)C(=O)[C@@H]23)c2ccc(OC)cc2)cc1. The number of nitrogens with zero attached hydrogens (tertiary/aromatic N) is 1. The highest BCUT2D eigenvalue weighted by Gasteiger charge is 2.62. The number of methoxy groups -OCH3 is 2. The van der Waals surface area contributed by atoms with Crippen LogP contribution < -0.4 is 14.4 Å². The molecule has 6 rings (SSSR count). The first-order valence-electron chi connectivity index (χ1n) is 12.6. The molecule has 4 atom stereocenters. The van der Waals surface area contributed by atoms with E-state index in [0.717, 1.165) is 44.9 Å². The molecular formula is C32H29NO4. The number of anilines is 1. The Labute approximate surface area is 217 Å². The van der Waals surface area contributed by atoms with E-state index in [1.165, 1.54) is 4.90 Å². The lowest BCUT2D eigenvalue weighted by atomic mass is 9.85. The van der Waals surface area contributed by atoms with Crippen LogP contribution >= 0.6 is 0 Å². The van der Waals surface area contributed by atoms with Crippen LogP contribution in [-0.2, 0) is 9.59 Å². The van der Waals surface area contributed by atoms with Crippen molar-refractivity contribution in [3.63, 3.8) is 0 Å². The molecule has 1 saturated carbocycles. The van der Waals surface area contributed by atoms with Gasteiger partial charge in [-0.3, -0.25) is 9.59 Å². The minimum absolute atomic E-state index is 0.0971. The van der Waals surface area contributed by atoms with Gasteiger partial charge in [-0.05, 0) is 72.0 Å². The number of hydrogen-bond donors (Lipinski definition) is 0. The maximum absolute atomic E-state index is 13.8. The number of carbonyl (C=O) groups excluding carboxylic acids is 2. The number of fused-ring (bicyclic) bond motifs is 5. The van der Waals surface area contributed by atoms with Gasteiger partial charge >= 0.3 is 0 Å². The van der Waals surface area contributed by atoms with Crippen LogP contribution in [0, 0.1) is 37.5 Å². The third-order valence-corrected chi connectivity index (χ3v) is 8.06. The van der Waals surface area contributed by atoms with Gasteiger partial charge < -0.3 is 9.47 Å². The number of ether oxygens (including phenoxy) is 2. The molecule has 1 heterocycles. The summed E-state index contributed by atoms with van der Waals surface area (Å²) in [6, 6.07) is 21.9. The molecular weight excluding hydrogens is 462 g/mol. The fourth-order valence-electron chi connectivity index (χ4n) is 6.41. The van der Waals surface area contributed by atoms with Crippen LogP contribution in [0.3, 0.4) is 0 Å². The van der Waals surface area contributed by atoms with Crippen molar-refractivity contribution >= 4 is 23.1 Å². The lowest BCUT2D eigenvalue weighted by Crippen LogP contribution is -2.33. The number of carbonyl (C=O) groups is 2. The molecule has 5 heteroatoms. The zero-order valence-corrected chi connectivity index (χ0v) is 21.4. The summed E-state index contributed by atoms with van der Waals surface area (Å²) in [4.78, 5) is 29.1. The van der Waals surface area contributed by atoms with Crippen molar-refractivity contribution in [1.29, 1.82) is 0 Å². The molecule has 1 aliphatic heterocycles. The highest BCUT2D eigenvalue weighted by molar-refractivity contribution is 6.23. The van der Waals surface area contributed by atoms with Gasteiger partial charge in [-0.2, -0.15) is 0 Å². The second-order valence-electron chi connectivity index (χ2n) is 10.1. The van der Waals surface area contributed by atoms with E-state index in [2.05, 4.69) is 12.2 Å². The number of aryl methyl sites for hydroxylation is 2. The first kappa shape index (κ1) is 23.3. The van der Waals surface area contributed by atoms with Gasteiger partial charge in [0, 0.05) is 11.8 Å². The molecule has 2 fully saturated rings. The molecule has 0 unspecified atom stereocenters. The van der Waals surface area contributed by atoms with Gasteiger partial charge in [0.1, 0.15) is 11.5 Å². The summed E-state index contributed by atoms with van der Waals surface area (Å²) in [5, 5.41) is 0. The van der Waals surface area contributed by atoms with Crippen LogP contribution in [0.15, 0.2) is 84.5 Å². The Morgan fingerprint density at radius 3 is 1.62 bits per heavy atom. The van der Waals surface area contributed by atoms with Crippen LogP contribution in [0.5, 0.6) is 11.5 Å². The van der Waals surface area contributed by atoms with Gasteiger partial charge in [0.05, 0.1) is 31.7 Å². The Kier molecular flexibility index (Phi) is 5.52. The lowest BCUT2D eigenvalue weighted by Gasteiger charge is -2.23. The molecule has 5 nitrogen and oxygen atoms in total. The Hall–Kier alpha value is -4.12. The van der Waals surface area contributed by atoms with E-state index in [9.17, 15) is 9.59 Å². The molecule has 2 bridgehead atoms. The van der Waals surface area contributed by atoms with Crippen molar-refractivity contribution in [1.82, 2.24) is 0 Å². The van der Waals surface area contributed by atoms with E-state index >= 15 is 0 Å². The number of imide groups is 1. The largest absolute Gasteiger partial charge is 0.497 e. The van der Waals surface area contributed by atoms with Crippen molar-refractivity contribution in [2.75, 3.05) is 19.1 Å². The van der Waals surface area contributed by atoms with Gasteiger partial charge in [-0.15, -0.1) is 0 Å².